The molecule has 0 fully saturated rings. The number of hydrogen-bond acceptors (Lipinski definition) is 5. The van der Waals surface area contributed by atoms with Crippen molar-refractivity contribution < 1.29 is 13.6 Å². The number of aryl methyl sites for hydroxylation is 2. The number of aromatic nitrogens is 2. The quantitative estimate of drug-likeness (QED) is 0.522. The second-order valence-corrected chi connectivity index (χ2v) is 6.31. The molecule has 0 radical (unpaired) electrons. The molecular weight excluding hydrogens is 342 g/mol. The average Bonchev–Trinajstić information content (AvgIpc) is 3.31. The highest BCUT2D eigenvalue weighted by Gasteiger charge is 2.20. The van der Waals surface area contributed by atoms with Crippen LogP contribution in [-0.4, -0.2) is 22.6 Å². The molecule has 1 N–H and O–H groups in total. The van der Waals surface area contributed by atoms with Gasteiger partial charge in [-0.1, -0.05) is 48.5 Å². The smallest absolute Gasteiger partial charge is 0.308 e. The Kier molecular flexibility index (Phi) is 4.70. The maximum absolute atomic E-state index is 12.2. The van der Waals surface area contributed by atoms with E-state index >= 15 is 0 Å². The van der Waals surface area contributed by atoms with Crippen LogP contribution in [0.3, 0.4) is 0 Å². The molecule has 0 saturated carbocycles. The van der Waals surface area contributed by atoms with Gasteiger partial charge in [0.1, 0.15) is 5.58 Å². The van der Waals surface area contributed by atoms with Crippen molar-refractivity contribution in [1.82, 2.24) is 15.5 Å². The SMILES string of the molecule is Cc1c(-c2nnc(C(=O)NCCCc3ccccc3)o2)oc2ccccc12. The summed E-state index contributed by atoms with van der Waals surface area (Å²) < 4.78 is 11.3. The van der Waals surface area contributed by atoms with E-state index < -0.39 is 0 Å². The van der Waals surface area contributed by atoms with Crippen LogP contribution in [0.5, 0.6) is 0 Å². The lowest BCUT2D eigenvalue weighted by molar-refractivity contribution is 0.0919. The first-order valence-electron chi connectivity index (χ1n) is 8.86. The van der Waals surface area contributed by atoms with Crippen molar-refractivity contribution in [2.24, 2.45) is 0 Å². The van der Waals surface area contributed by atoms with Crippen LogP contribution in [0.2, 0.25) is 0 Å². The Morgan fingerprint density at radius 3 is 2.59 bits per heavy atom. The van der Waals surface area contributed by atoms with Crippen molar-refractivity contribution in [2.75, 3.05) is 6.54 Å². The zero-order valence-electron chi connectivity index (χ0n) is 14.9. The third-order valence-electron chi connectivity index (χ3n) is 4.43. The predicted octanol–water partition coefficient (Wildman–Crippen LogP) is 4.15. The van der Waals surface area contributed by atoms with E-state index in [0.29, 0.717) is 12.3 Å². The fourth-order valence-corrected chi connectivity index (χ4v) is 3.00. The number of rotatable bonds is 6. The Balaban J connectivity index is 1.39. The topological polar surface area (TPSA) is 81.2 Å². The monoisotopic (exact) mass is 361 g/mol. The summed E-state index contributed by atoms with van der Waals surface area (Å²) in [7, 11) is 0. The summed E-state index contributed by atoms with van der Waals surface area (Å²) >= 11 is 0. The standard InChI is InChI=1S/C21H19N3O3/c1-14-16-11-5-6-12-17(16)26-18(14)20-23-24-21(27-20)19(25)22-13-7-10-15-8-3-2-4-9-15/h2-6,8-9,11-12H,7,10,13H2,1H3,(H,22,25). The summed E-state index contributed by atoms with van der Waals surface area (Å²) in [5, 5.41) is 11.6. The number of benzene rings is 2. The number of nitrogens with one attached hydrogen (secondary N) is 1. The van der Waals surface area contributed by atoms with E-state index in [-0.39, 0.29) is 17.7 Å². The van der Waals surface area contributed by atoms with Crippen molar-refractivity contribution in [1.29, 1.82) is 0 Å². The summed E-state index contributed by atoms with van der Waals surface area (Å²) in [5.41, 5.74) is 2.89. The first-order chi connectivity index (χ1) is 13.2. The van der Waals surface area contributed by atoms with Crippen molar-refractivity contribution in [2.45, 2.75) is 19.8 Å². The van der Waals surface area contributed by atoms with Crippen molar-refractivity contribution >= 4 is 16.9 Å². The molecule has 136 valence electrons. The Morgan fingerprint density at radius 2 is 1.78 bits per heavy atom. The number of hydrogen-bond donors (Lipinski definition) is 1. The lowest BCUT2D eigenvalue weighted by atomic mass is 10.1. The molecule has 2 heterocycles. The molecule has 0 aliphatic rings. The first-order valence-corrected chi connectivity index (χ1v) is 8.86. The molecule has 0 atom stereocenters. The summed E-state index contributed by atoms with van der Waals surface area (Å²) in [6.07, 6.45) is 1.73. The normalized spacial score (nSPS) is 11.0. The van der Waals surface area contributed by atoms with Crippen LogP contribution < -0.4 is 5.32 Å². The maximum atomic E-state index is 12.2. The zero-order valence-corrected chi connectivity index (χ0v) is 14.9. The van der Waals surface area contributed by atoms with Crippen LogP contribution >= 0.6 is 0 Å². The van der Waals surface area contributed by atoms with E-state index in [1.165, 1.54) is 5.56 Å². The van der Waals surface area contributed by atoms with Gasteiger partial charge >= 0.3 is 11.8 Å². The largest absolute Gasteiger partial charge is 0.451 e. The highest BCUT2D eigenvalue weighted by atomic mass is 16.4. The minimum absolute atomic E-state index is 0.0652. The fraction of sp³-hybridized carbons (Fsp3) is 0.190. The highest BCUT2D eigenvalue weighted by molar-refractivity contribution is 5.90. The van der Waals surface area contributed by atoms with Gasteiger partial charge in [0, 0.05) is 17.5 Å². The lowest BCUT2D eigenvalue weighted by Gasteiger charge is -2.02. The second kappa shape index (κ2) is 7.45. The molecule has 0 spiro atoms. The first kappa shape index (κ1) is 17.0. The van der Waals surface area contributed by atoms with Crippen molar-refractivity contribution in [3.63, 3.8) is 0 Å². The molecular formula is C21H19N3O3. The number of amides is 1. The number of furan rings is 1. The third kappa shape index (κ3) is 3.60. The number of carbonyl (C=O) groups excluding carboxylic acids is 1. The van der Waals surface area contributed by atoms with Gasteiger partial charge in [-0.2, -0.15) is 0 Å². The Bertz CT molecular complexity index is 1070. The number of carbonyl (C=O) groups is 1. The number of nitrogens with zero attached hydrogens (tertiary/aromatic N) is 2. The molecule has 0 unspecified atom stereocenters. The van der Waals surface area contributed by atoms with Gasteiger partial charge in [-0.3, -0.25) is 4.79 Å². The maximum Gasteiger partial charge on any atom is 0.308 e. The molecule has 27 heavy (non-hydrogen) atoms. The van der Waals surface area contributed by atoms with Crippen LogP contribution in [0.25, 0.3) is 22.6 Å². The Morgan fingerprint density at radius 1 is 1.00 bits per heavy atom. The van der Waals surface area contributed by atoms with Gasteiger partial charge < -0.3 is 14.2 Å². The van der Waals surface area contributed by atoms with Gasteiger partial charge in [-0.25, -0.2) is 0 Å². The summed E-state index contributed by atoms with van der Waals surface area (Å²) in [6, 6.07) is 17.8. The highest BCUT2D eigenvalue weighted by Crippen LogP contribution is 2.31. The molecule has 6 nitrogen and oxygen atoms in total. The van der Waals surface area contributed by atoms with Crippen LogP contribution in [-0.2, 0) is 6.42 Å². The molecule has 2 aromatic carbocycles. The third-order valence-corrected chi connectivity index (χ3v) is 4.43. The summed E-state index contributed by atoms with van der Waals surface area (Å²) in [4.78, 5) is 12.2. The molecule has 6 heteroatoms. The predicted molar refractivity (Wildman–Crippen MR) is 101 cm³/mol. The van der Waals surface area contributed by atoms with E-state index in [0.717, 1.165) is 29.4 Å². The number of para-hydroxylation sites is 1. The molecule has 1 amide bonds. The Hall–Kier alpha value is -3.41. The molecule has 4 aromatic rings. The van der Waals surface area contributed by atoms with E-state index in [4.69, 9.17) is 8.83 Å². The van der Waals surface area contributed by atoms with Gasteiger partial charge in [0.2, 0.25) is 0 Å². The van der Waals surface area contributed by atoms with Crippen molar-refractivity contribution in [3.05, 3.63) is 71.6 Å². The minimum atomic E-state index is -0.379. The van der Waals surface area contributed by atoms with Gasteiger partial charge in [-0.05, 0) is 31.4 Å². The van der Waals surface area contributed by atoms with Crippen molar-refractivity contribution in [3.8, 4) is 11.7 Å². The lowest BCUT2D eigenvalue weighted by Crippen LogP contribution is -2.25. The van der Waals surface area contributed by atoms with E-state index in [9.17, 15) is 4.79 Å². The van der Waals surface area contributed by atoms with Crippen LogP contribution in [0.4, 0.5) is 0 Å². The summed E-state index contributed by atoms with van der Waals surface area (Å²) in [6.45, 7) is 2.46. The molecule has 0 aliphatic carbocycles. The van der Waals surface area contributed by atoms with Gasteiger partial charge in [0.25, 0.3) is 5.89 Å². The van der Waals surface area contributed by atoms with E-state index in [1.807, 2.05) is 49.4 Å². The average molecular weight is 361 g/mol. The molecule has 4 rings (SSSR count). The van der Waals surface area contributed by atoms with Gasteiger partial charge in [-0.15, -0.1) is 10.2 Å². The molecule has 0 aliphatic heterocycles. The number of fused-ring (bicyclic) bond motifs is 1. The van der Waals surface area contributed by atoms with Crippen LogP contribution in [0.1, 0.15) is 28.2 Å². The summed E-state index contributed by atoms with van der Waals surface area (Å²) in [5.74, 6) is 0.255. The fourth-order valence-electron chi connectivity index (χ4n) is 3.00. The minimum Gasteiger partial charge on any atom is -0.451 e. The van der Waals surface area contributed by atoms with Gasteiger partial charge in [0.15, 0.2) is 5.76 Å². The molecule has 0 saturated heterocycles. The van der Waals surface area contributed by atoms with E-state index in [1.54, 1.807) is 0 Å². The van der Waals surface area contributed by atoms with E-state index in [2.05, 4.69) is 27.6 Å². The Labute approximate surface area is 156 Å². The molecule has 2 aromatic heterocycles. The van der Waals surface area contributed by atoms with Crippen LogP contribution in [0, 0.1) is 6.92 Å². The zero-order chi connectivity index (χ0) is 18.6. The second-order valence-electron chi connectivity index (χ2n) is 6.31. The van der Waals surface area contributed by atoms with Gasteiger partial charge in [0.05, 0.1) is 0 Å². The molecule has 0 bridgehead atoms. The van der Waals surface area contributed by atoms with Crippen LogP contribution in [0.15, 0.2) is 63.4 Å².